The van der Waals surface area contributed by atoms with Gasteiger partial charge in [0.2, 0.25) is 0 Å². The molecule has 1 aromatic heterocycles. The van der Waals surface area contributed by atoms with E-state index in [4.69, 9.17) is 4.74 Å². The zero-order chi connectivity index (χ0) is 28.7. The molecule has 4 aromatic rings. The Hall–Kier alpha value is -4.39. The first kappa shape index (κ1) is 26.8. The molecule has 1 fully saturated rings. The molecule has 0 radical (unpaired) electrons. The van der Waals surface area contributed by atoms with Gasteiger partial charge in [-0.3, -0.25) is 4.79 Å². The van der Waals surface area contributed by atoms with Crippen molar-refractivity contribution in [3.63, 3.8) is 0 Å². The van der Waals surface area contributed by atoms with E-state index < -0.39 is 0 Å². The summed E-state index contributed by atoms with van der Waals surface area (Å²) in [6, 6.07) is 17.3. The molecule has 1 saturated carbocycles. The first-order valence-corrected chi connectivity index (χ1v) is 13.8. The van der Waals surface area contributed by atoms with Crippen LogP contribution in [0.5, 0.6) is 0 Å². The van der Waals surface area contributed by atoms with Crippen LogP contribution in [-0.2, 0) is 24.9 Å². The number of hydrogen-bond acceptors (Lipinski definition) is 6. The monoisotopic (exact) mass is 550 g/mol. The molecule has 1 amide bonds. The molecule has 2 aliphatic rings. The SMILES string of the molecule is COC[C@@H](C)NCc1cc(F)c2c(c1)C(=O)N(c1cc(-c3ccc(C#N)cc3-c3nncn3C)cc(C3CC3)c1)C2. The Bertz CT molecular complexity index is 1690. The molecule has 1 atom stereocenters. The average molecular weight is 551 g/mol. The second kappa shape index (κ2) is 10.9. The number of anilines is 1. The van der Waals surface area contributed by atoms with Gasteiger partial charge in [0.15, 0.2) is 5.82 Å². The van der Waals surface area contributed by atoms with E-state index in [1.807, 2.05) is 36.7 Å². The lowest BCUT2D eigenvalue weighted by atomic mass is 9.94. The van der Waals surface area contributed by atoms with Crippen LogP contribution in [0.3, 0.4) is 0 Å². The maximum absolute atomic E-state index is 15.3. The number of methoxy groups -OCH3 is 1. The van der Waals surface area contributed by atoms with Gasteiger partial charge in [0.25, 0.3) is 5.91 Å². The summed E-state index contributed by atoms with van der Waals surface area (Å²) >= 11 is 0. The average Bonchev–Trinajstić information content (AvgIpc) is 3.66. The number of aryl methyl sites for hydroxylation is 1. The third-order valence-electron chi connectivity index (χ3n) is 7.83. The van der Waals surface area contributed by atoms with Crippen molar-refractivity contribution in [3.05, 3.63) is 88.5 Å². The van der Waals surface area contributed by atoms with Crippen molar-refractivity contribution in [2.75, 3.05) is 18.6 Å². The third-order valence-corrected chi connectivity index (χ3v) is 7.83. The van der Waals surface area contributed by atoms with Crippen LogP contribution in [0.2, 0.25) is 0 Å². The molecule has 9 heteroatoms. The molecule has 0 bridgehead atoms. The maximum atomic E-state index is 15.3. The summed E-state index contributed by atoms with van der Waals surface area (Å²) in [5.41, 5.74) is 6.51. The van der Waals surface area contributed by atoms with Gasteiger partial charge >= 0.3 is 0 Å². The highest BCUT2D eigenvalue weighted by molar-refractivity contribution is 6.10. The van der Waals surface area contributed by atoms with E-state index in [0.29, 0.717) is 41.6 Å². The number of nitrogens with zero attached hydrogens (tertiary/aromatic N) is 5. The summed E-state index contributed by atoms with van der Waals surface area (Å²) in [5.74, 6) is 0.486. The van der Waals surface area contributed by atoms with Gasteiger partial charge in [0, 0.05) is 49.1 Å². The van der Waals surface area contributed by atoms with Crippen LogP contribution < -0.4 is 10.2 Å². The first-order valence-electron chi connectivity index (χ1n) is 13.8. The van der Waals surface area contributed by atoms with Crippen molar-refractivity contribution in [2.45, 2.75) is 44.8 Å². The van der Waals surface area contributed by atoms with Crippen LogP contribution in [0.25, 0.3) is 22.5 Å². The number of carbonyl (C=O) groups is 1. The number of hydrogen-bond donors (Lipinski definition) is 1. The summed E-state index contributed by atoms with van der Waals surface area (Å²) in [5, 5.41) is 21.2. The van der Waals surface area contributed by atoms with E-state index in [0.717, 1.165) is 46.3 Å². The molecule has 6 rings (SSSR count). The largest absolute Gasteiger partial charge is 0.383 e. The van der Waals surface area contributed by atoms with Crippen LogP contribution in [0.4, 0.5) is 10.1 Å². The Balaban J connectivity index is 1.38. The van der Waals surface area contributed by atoms with E-state index >= 15 is 4.39 Å². The fraction of sp³-hybridized carbons (Fsp3) is 0.312. The number of nitriles is 1. The number of ether oxygens (including phenoxy) is 1. The van der Waals surface area contributed by atoms with Crippen molar-refractivity contribution >= 4 is 11.6 Å². The first-order chi connectivity index (χ1) is 19.9. The molecule has 1 aliphatic carbocycles. The Morgan fingerprint density at radius 3 is 2.68 bits per heavy atom. The minimum Gasteiger partial charge on any atom is -0.383 e. The smallest absolute Gasteiger partial charge is 0.259 e. The second-order valence-corrected chi connectivity index (χ2v) is 11.0. The number of aromatic nitrogens is 3. The highest BCUT2D eigenvalue weighted by Gasteiger charge is 2.33. The zero-order valence-electron chi connectivity index (χ0n) is 23.3. The summed E-state index contributed by atoms with van der Waals surface area (Å²) in [6.45, 7) is 3.14. The van der Waals surface area contributed by atoms with Gasteiger partial charge in [-0.15, -0.1) is 10.2 Å². The molecular weight excluding hydrogens is 519 g/mol. The maximum Gasteiger partial charge on any atom is 0.259 e. The normalized spacial score (nSPS) is 15.2. The number of benzene rings is 3. The van der Waals surface area contributed by atoms with E-state index in [2.05, 4.69) is 33.7 Å². The molecule has 3 aromatic carbocycles. The van der Waals surface area contributed by atoms with Gasteiger partial charge in [-0.05, 0) is 84.3 Å². The lowest BCUT2D eigenvalue weighted by Crippen LogP contribution is -2.29. The summed E-state index contributed by atoms with van der Waals surface area (Å²) in [7, 11) is 3.50. The Labute approximate surface area is 238 Å². The van der Waals surface area contributed by atoms with Gasteiger partial charge in [0.1, 0.15) is 12.1 Å². The molecule has 0 saturated heterocycles. The highest BCUT2D eigenvalue weighted by atomic mass is 19.1. The topological polar surface area (TPSA) is 96.1 Å². The Kier molecular flexibility index (Phi) is 7.12. The number of nitrogens with one attached hydrogen (secondary N) is 1. The Morgan fingerprint density at radius 1 is 1.15 bits per heavy atom. The minimum absolute atomic E-state index is 0.0979. The van der Waals surface area contributed by atoms with Crippen molar-refractivity contribution in [3.8, 4) is 28.6 Å². The van der Waals surface area contributed by atoms with E-state index in [1.54, 1.807) is 30.5 Å². The predicted octanol–water partition coefficient (Wildman–Crippen LogP) is 5.32. The van der Waals surface area contributed by atoms with Crippen molar-refractivity contribution in [1.82, 2.24) is 20.1 Å². The highest BCUT2D eigenvalue weighted by Crippen LogP contribution is 2.45. The number of amides is 1. The van der Waals surface area contributed by atoms with Crippen molar-refractivity contribution < 1.29 is 13.9 Å². The number of fused-ring (bicyclic) bond motifs is 1. The fourth-order valence-electron chi connectivity index (χ4n) is 5.51. The predicted molar refractivity (Wildman–Crippen MR) is 154 cm³/mol. The molecule has 41 heavy (non-hydrogen) atoms. The fourth-order valence-corrected chi connectivity index (χ4v) is 5.51. The minimum atomic E-state index is -0.371. The van der Waals surface area contributed by atoms with Crippen LogP contribution in [0.1, 0.15) is 58.3 Å². The molecule has 1 aliphatic heterocycles. The number of carbonyl (C=O) groups excluding carboxylic acids is 1. The lowest BCUT2D eigenvalue weighted by Gasteiger charge is -2.20. The molecule has 0 spiro atoms. The van der Waals surface area contributed by atoms with Crippen LogP contribution >= 0.6 is 0 Å². The lowest BCUT2D eigenvalue weighted by molar-refractivity contribution is 0.0996. The number of halogens is 1. The quantitative estimate of drug-likeness (QED) is 0.303. The van der Waals surface area contributed by atoms with Gasteiger partial charge < -0.3 is 19.5 Å². The van der Waals surface area contributed by atoms with E-state index in [9.17, 15) is 10.1 Å². The second-order valence-electron chi connectivity index (χ2n) is 11.0. The zero-order valence-corrected chi connectivity index (χ0v) is 23.3. The third kappa shape index (κ3) is 5.24. The summed E-state index contributed by atoms with van der Waals surface area (Å²) < 4.78 is 22.3. The van der Waals surface area contributed by atoms with Crippen LogP contribution in [0, 0.1) is 17.1 Å². The molecular formula is C32H31FN6O2. The molecule has 8 nitrogen and oxygen atoms in total. The summed E-state index contributed by atoms with van der Waals surface area (Å²) in [6.07, 6.45) is 3.81. The molecule has 2 heterocycles. The summed E-state index contributed by atoms with van der Waals surface area (Å²) in [4.78, 5) is 15.4. The molecule has 208 valence electrons. The van der Waals surface area contributed by atoms with Crippen LogP contribution in [0.15, 0.2) is 54.9 Å². The molecule has 0 unspecified atom stereocenters. The van der Waals surface area contributed by atoms with Crippen molar-refractivity contribution in [2.24, 2.45) is 7.05 Å². The van der Waals surface area contributed by atoms with Crippen molar-refractivity contribution in [1.29, 1.82) is 5.26 Å². The van der Waals surface area contributed by atoms with Gasteiger partial charge in [-0.2, -0.15) is 5.26 Å². The van der Waals surface area contributed by atoms with E-state index in [1.165, 1.54) is 6.07 Å². The Morgan fingerprint density at radius 2 is 1.98 bits per heavy atom. The standard InChI is InChI=1S/C32H31FN6O2/c1-19(17-41-3)35-15-21-9-28-29(30(33)10-21)16-39(32(28)40)25-12-23(22-5-6-22)11-24(13-25)26-7-4-20(14-34)8-27(26)31-37-36-18-38(31)2/h4,7-13,18-19,22,35H,5-6,15-17H2,1-3H3/t19-/m1/s1. The van der Waals surface area contributed by atoms with Gasteiger partial charge in [-0.1, -0.05) is 12.1 Å². The van der Waals surface area contributed by atoms with Gasteiger partial charge in [0.05, 0.1) is 24.8 Å². The van der Waals surface area contributed by atoms with Crippen LogP contribution in [-0.4, -0.2) is 40.4 Å². The van der Waals surface area contributed by atoms with Gasteiger partial charge in [-0.25, -0.2) is 4.39 Å². The molecule has 1 N–H and O–H groups in total. The number of rotatable bonds is 9. The van der Waals surface area contributed by atoms with E-state index in [-0.39, 0.29) is 24.3 Å².